The first-order valence-electron chi connectivity index (χ1n) is 6.21. The molecule has 0 aliphatic rings. The van der Waals surface area contributed by atoms with E-state index in [0.29, 0.717) is 5.92 Å². The second-order valence-electron chi connectivity index (χ2n) is 4.74. The summed E-state index contributed by atoms with van der Waals surface area (Å²) in [4.78, 5) is 0. The van der Waals surface area contributed by atoms with Gasteiger partial charge in [0.25, 0.3) is 0 Å². The van der Waals surface area contributed by atoms with Gasteiger partial charge in [-0.05, 0) is 32.4 Å². The molecule has 94 valence electrons. The largest absolute Gasteiger partial charge is 0.395 e. The van der Waals surface area contributed by atoms with Crippen molar-refractivity contribution in [1.82, 2.24) is 0 Å². The fourth-order valence-corrected chi connectivity index (χ4v) is 3.11. The Kier molecular flexibility index (Phi) is 7.74. The van der Waals surface area contributed by atoms with Gasteiger partial charge in [0, 0.05) is 13.0 Å². The average Bonchev–Trinajstić information content (AvgIpc) is 2.12. The van der Waals surface area contributed by atoms with E-state index in [-0.39, 0.29) is 6.10 Å². The van der Waals surface area contributed by atoms with Crippen LogP contribution in [0.3, 0.4) is 0 Å². The van der Waals surface area contributed by atoms with Crippen LogP contribution in [0.5, 0.6) is 0 Å². The summed E-state index contributed by atoms with van der Waals surface area (Å²) in [6.07, 6.45) is 1.90. The van der Waals surface area contributed by atoms with Gasteiger partial charge in [-0.1, -0.05) is 26.7 Å². The lowest BCUT2D eigenvalue weighted by Gasteiger charge is -2.26. The molecular formula is C13H26O2Si. The van der Waals surface area contributed by atoms with Gasteiger partial charge in [0.05, 0.1) is 0 Å². The van der Waals surface area contributed by atoms with Crippen molar-refractivity contribution in [2.45, 2.75) is 59.7 Å². The third-order valence-electron chi connectivity index (χ3n) is 2.04. The van der Waals surface area contributed by atoms with Gasteiger partial charge >= 0.3 is 8.56 Å². The zero-order valence-electron chi connectivity index (χ0n) is 11.6. The van der Waals surface area contributed by atoms with Crippen LogP contribution in [0.4, 0.5) is 0 Å². The summed E-state index contributed by atoms with van der Waals surface area (Å²) < 4.78 is 11.7. The first kappa shape index (κ1) is 15.7. The minimum Gasteiger partial charge on any atom is -0.395 e. The first-order valence-corrected chi connectivity index (χ1v) is 9.03. The Morgan fingerprint density at radius 2 is 1.81 bits per heavy atom. The van der Waals surface area contributed by atoms with Gasteiger partial charge < -0.3 is 8.85 Å². The second kappa shape index (κ2) is 7.89. The van der Waals surface area contributed by atoms with Gasteiger partial charge in [0.15, 0.2) is 0 Å². The molecule has 2 nitrogen and oxygen atoms in total. The van der Waals surface area contributed by atoms with E-state index in [1.54, 1.807) is 0 Å². The molecule has 0 heterocycles. The second-order valence-corrected chi connectivity index (χ2v) is 8.07. The fourth-order valence-electron chi connectivity index (χ4n) is 1.50. The summed E-state index contributed by atoms with van der Waals surface area (Å²) in [5, 5.41) is 0. The lowest BCUT2D eigenvalue weighted by Crippen LogP contribution is -2.39. The van der Waals surface area contributed by atoms with E-state index < -0.39 is 8.56 Å². The maximum absolute atomic E-state index is 6.03. The van der Waals surface area contributed by atoms with Crippen LogP contribution in [0.15, 0.2) is 0 Å². The van der Waals surface area contributed by atoms with Crippen molar-refractivity contribution in [3.63, 3.8) is 0 Å². The molecule has 1 atom stereocenters. The SMILES string of the molecule is CCC#CC(CC(C)C)O[Si](C)(C)OCC. The van der Waals surface area contributed by atoms with Crippen LogP contribution in [0.25, 0.3) is 0 Å². The highest BCUT2D eigenvalue weighted by Gasteiger charge is 2.27. The molecule has 0 N–H and O–H groups in total. The van der Waals surface area contributed by atoms with Crippen LogP contribution in [0, 0.1) is 17.8 Å². The van der Waals surface area contributed by atoms with Gasteiger partial charge in [0.2, 0.25) is 0 Å². The molecule has 0 amide bonds. The Morgan fingerprint density at radius 1 is 1.19 bits per heavy atom. The minimum atomic E-state index is -1.99. The zero-order chi connectivity index (χ0) is 12.6. The van der Waals surface area contributed by atoms with E-state index in [2.05, 4.69) is 45.7 Å². The summed E-state index contributed by atoms with van der Waals surface area (Å²) in [6, 6.07) is 0. The topological polar surface area (TPSA) is 18.5 Å². The molecule has 0 radical (unpaired) electrons. The highest BCUT2D eigenvalue weighted by molar-refractivity contribution is 6.64. The van der Waals surface area contributed by atoms with Crippen LogP contribution < -0.4 is 0 Å². The number of hydrogen-bond acceptors (Lipinski definition) is 2. The first-order chi connectivity index (χ1) is 7.41. The predicted molar refractivity (Wildman–Crippen MR) is 71.5 cm³/mol. The number of rotatable bonds is 6. The Balaban J connectivity index is 4.40. The summed E-state index contributed by atoms with van der Waals surface area (Å²) in [7, 11) is -1.99. The normalized spacial score (nSPS) is 13.4. The van der Waals surface area contributed by atoms with Gasteiger partial charge in [-0.15, -0.1) is 5.92 Å². The van der Waals surface area contributed by atoms with Crippen LogP contribution in [0.1, 0.15) is 40.5 Å². The molecule has 0 saturated heterocycles. The number of hydrogen-bond donors (Lipinski definition) is 0. The van der Waals surface area contributed by atoms with E-state index in [1.165, 1.54) is 0 Å². The van der Waals surface area contributed by atoms with Gasteiger partial charge in [-0.25, -0.2) is 0 Å². The Bertz CT molecular complexity index is 238. The van der Waals surface area contributed by atoms with Crippen molar-refractivity contribution in [2.24, 2.45) is 5.92 Å². The smallest absolute Gasteiger partial charge is 0.332 e. The third kappa shape index (κ3) is 7.92. The van der Waals surface area contributed by atoms with Gasteiger partial charge in [-0.2, -0.15) is 0 Å². The molecule has 0 aliphatic heterocycles. The molecule has 0 fully saturated rings. The molecule has 0 aromatic heterocycles. The van der Waals surface area contributed by atoms with E-state index in [4.69, 9.17) is 8.85 Å². The molecular weight excluding hydrogens is 216 g/mol. The maximum Gasteiger partial charge on any atom is 0.332 e. The molecule has 0 aromatic carbocycles. The van der Waals surface area contributed by atoms with Gasteiger partial charge in [0.1, 0.15) is 6.10 Å². The highest BCUT2D eigenvalue weighted by atomic mass is 28.4. The van der Waals surface area contributed by atoms with Gasteiger partial charge in [-0.3, -0.25) is 0 Å². The molecule has 3 heteroatoms. The van der Waals surface area contributed by atoms with Crippen molar-refractivity contribution in [1.29, 1.82) is 0 Å². The Labute approximate surface area is 102 Å². The molecule has 0 rings (SSSR count). The van der Waals surface area contributed by atoms with E-state index in [9.17, 15) is 0 Å². The summed E-state index contributed by atoms with van der Waals surface area (Å²) in [5.41, 5.74) is 0. The standard InChI is InChI=1S/C13H26O2Si/c1-7-9-10-13(11-12(3)4)15-16(5,6)14-8-2/h12-13H,7-8,11H2,1-6H3. The Hall–Kier alpha value is -0.303. The maximum atomic E-state index is 6.03. The lowest BCUT2D eigenvalue weighted by molar-refractivity contribution is 0.143. The Morgan fingerprint density at radius 3 is 2.25 bits per heavy atom. The van der Waals surface area contributed by atoms with Crippen LogP contribution >= 0.6 is 0 Å². The van der Waals surface area contributed by atoms with Crippen molar-refractivity contribution < 1.29 is 8.85 Å². The molecule has 0 bridgehead atoms. The van der Waals surface area contributed by atoms with Crippen molar-refractivity contribution >= 4 is 8.56 Å². The summed E-state index contributed by atoms with van der Waals surface area (Å²) in [5.74, 6) is 6.91. The quantitative estimate of drug-likeness (QED) is 0.524. The van der Waals surface area contributed by atoms with Crippen LogP contribution in [-0.4, -0.2) is 21.3 Å². The third-order valence-corrected chi connectivity index (χ3v) is 3.88. The van der Waals surface area contributed by atoms with Crippen LogP contribution in [-0.2, 0) is 8.85 Å². The molecule has 0 aromatic rings. The monoisotopic (exact) mass is 242 g/mol. The molecule has 16 heavy (non-hydrogen) atoms. The molecule has 0 spiro atoms. The highest BCUT2D eigenvalue weighted by Crippen LogP contribution is 2.15. The summed E-state index contributed by atoms with van der Waals surface area (Å²) >= 11 is 0. The van der Waals surface area contributed by atoms with E-state index >= 15 is 0 Å². The molecule has 0 aliphatic carbocycles. The summed E-state index contributed by atoms with van der Waals surface area (Å²) in [6.45, 7) is 13.3. The van der Waals surface area contributed by atoms with Crippen molar-refractivity contribution in [3.8, 4) is 11.8 Å². The van der Waals surface area contributed by atoms with E-state index in [0.717, 1.165) is 19.4 Å². The average molecular weight is 242 g/mol. The zero-order valence-corrected chi connectivity index (χ0v) is 12.6. The minimum absolute atomic E-state index is 0.0353. The predicted octanol–water partition coefficient (Wildman–Crippen LogP) is 3.57. The van der Waals surface area contributed by atoms with Crippen molar-refractivity contribution in [2.75, 3.05) is 6.61 Å². The van der Waals surface area contributed by atoms with Crippen molar-refractivity contribution in [3.05, 3.63) is 0 Å². The lowest BCUT2D eigenvalue weighted by atomic mass is 10.1. The molecule has 1 unspecified atom stereocenters. The molecule has 0 saturated carbocycles. The fraction of sp³-hybridized carbons (Fsp3) is 0.846. The van der Waals surface area contributed by atoms with Crippen LogP contribution in [0.2, 0.25) is 13.1 Å². The van der Waals surface area contributed by atoms with E-state index in [1.807, 2.05) is 6.92 Å².